The molecule has 0 aromatic heterocycles. The van der Waals surface area contributed by atoms with Crippen LogP contribution in [0.4, 0.5) is 5.69 Å². The van der Waals surface area contributed by atoms with Crippen molar-refractivity contribution >= 4 is 29.3 Å². The molecule has 1 amide bonds. The lowest BCUT2D eigenvalue weighted by Crippen LogP contribution is -2.31. The first-order valence-corrected chi connectivity index (χ1v) is 10.6. The number of hydrogen-bond donors (Lipinski definition) is 1. The zero-order valence-electron chi connectivity index (χ0n) is 16.9. The molecule has 0 radical (unpaired) electrons. The molecular formula is C23H27NO3S. The largest absolute Gasteiger partial charge is 0.452 e. The minimum absolute atomic E-state index is 0.193. The molecule has 1 unspecified atom stereocenters. The van der Waals surface area contributed by atoms with Crippen molar-refractivity contribution in [3.63, 3.8) is 0 Å². The fraction of sp³-hybridized carbons (Fsp3) is 0.391. The number of aryl methyl sites for hydroxylation is 5. The van der Waals surface area contributed by atoms with E-state index >= 15 is 0 Å². The molecule has 1 atom stereocenters. The number of nitrogens with one attached hydrogen (secondary N) is 1. The lowest BCUT2D eigenvalue weighted by atomic mass is 10.0. The van der Waals surface area contributed by atoms with Gasteiger partial charge in [-0.15, -0.1) is 11.8 Å². The monoisotopic (exact) mass is 397 g/mol. The smallest absolute Gasteiger partial charge is 0.317 e. The number of anilines is 1. The molecule has 4 nitrogen and oxygen atoms in total. The number of hydrogen-bond acceptors (Lipinski definition) is 4. The van der Waals surface area contributed by atoms with Gasteiger partial charge in [-0.2, -0.15) is 0 Å². The van der Waals surface area contributed by atoms with Crippen LogP contribution in [-0.4, -0.2) is 23.7 Å². The molecule has 0 aliphatic heterocycles. The van der Waals surface area contributed by atoms with Crippen LogP contribution in [0.1, 0.15) is 41.2 Å². The van der Waals surface area contributed by atoms with E-state index in [1.54, 1.807) is 6.92 Å². The standard InChI is InChI=1S/C23H27NO3S/c1-14-10-15(2)22(16(3)11-14)24-23(26)17(4)27-21(25)13-28-20-9-8-18-6-5-7-19(18)12-20/h8-12,17H,5-7,13H2,1-4H3,(H,24,26). The quantitative estimate of drug-likeness (QED) is 0.564. The average Bonchev–Trinajstić information content (AvgIpc) is 3.10. The molecule has 0 saturated carbocycles. The summed E-state index contributed by atoms with van der Waals surface area (Å²) in [6.07, 6.45) is 2.63. The Balaban J connectivity index is 1.52. The second-order valence-electron chi connectivity index (χ2n) is 7.47. The Labute approximate surface area is 171 Å². The van der Waals surface area contributed by atoms with Crippen molar-refractivity contribution < 1.29 is 14.3 Å². The summed E-state index contributed by atoms with van der Waals surface area (Å²) >= 11 is 1.45. The van der Waals surface area contributed by atoms with Crippen LogP contribution < -0.4 is 5.32 Å². The Morgan fingerprint density at radius 3 is 2.46 bits per heavy atom. The van der Waals surface area contributed by atoms with Crippen LogP contribution in [0.25, 0.3) is 0 Å². The molecule has 1 aliphatic carbocycles. The van der Waals surface area contributed by atoms with E-state index in [0.29, 0.717) is 0 Å². The van der Waals surface area contributed by atoms with Crippen molar-refractivity contribution in [2.45, 2.75) is 58.0 Å². The number of fused-ring (bicyclic) bond motifs is 1. The van der Waals surface area contributed by atoms with Crippen molar-refractivity contribution in [2.24, 2.45) is 0 Å². The molecule has 2 aromatic carbocycles. The summed E-state index contributed by atoms with van der Waals surface area (Å²) in [6, 6.07) is 10.4. The summed E-state index contributed by atoms with van der Waals surface area (Å²) < 4.78 is 5.33. The first-order chi connectivity index (χ1) is 13.3. The third-order valence-corrected chi connectivity index (χ3v) is 6.00. The van der Waals surface area contributed by atoms with Gasteiger partial charge in [0.15, 0.2) is 6.10 Å². The van der Waals surface area contributed by atoms with Crippen molar-refractivity contribution in [3.05, 3.63) is 58.1 Å². The first-order valence-electron chi connectivity index (χ1n) is 9.66. The van der Waals surface area contributed by atoms with Crippen LogP contribution in [0.15, 0.2) is 35.2 Å². The summed E-state index contributed by atoms with van der Waals surface area (Å²) in [6.45, 7) is 7.54. The number of carbonyl (C=O) groups excluding carboxylic acids is 2. The molecule has 1 N–H and O–H groups in total. The third-order valence-electron chi connectivity index (χ3n) is 5.03. The Bertz CT molecular complexity index is 884. The van der Waals surface area contributed by atoms with Gasteiger partial charge in [0.2, 0.25) is 0 Å². The Morgan fingerprint density at radius 2 is 1.75 bits per heavy atom. The van der Waals surface area contributed by atoms with E-state index in [1.165, 1.54) is 29.3 Å². The normalized spacial score (nSPS) is 13.7. The fourth-order valence-corrected chi connectivity index (χ4v) is 4.41. The Hall–Kier alpha value is -2.27. The number of rotatable bonds is 6. The molecule has 0 spiro atoms. The van der Waals surface area contributed by atoms with E-state index in [2.05, 4.69) is 23.5 Å². The lowest BCUT2D eigenvalue weighted by Gasteiger charge is -2.17. The van der Waals surface area contributed by atoms with Gasteiger partial charge in [0.25, 0.3) is 5.91 Å². The highest BCUT2D eigenvalue weighted by atomic mass is 32.2. The van der Waals surface area contributed by atoms with E-state index < -0.39 is 6.10 Å². The summed E-state index contributed by atoms with van der Waals surface area (Å²) in [5.41, 5.74) is 6.73. The molecule has 1 aliphatic rings. The van der Waals surface area contributed by atoms with Gasteiger partial charge in [-0.05, 0) is 81.3 Å². The summed E-state index contributed by atoms with van der Waals surface area (Å²) in [5.74, 6) is -0.504. The molecular weight excluding hydrogens is 370 g/mol. The zero-order valence-corrected chi connectivity index (χ0v) is 17.7. The molecule has 0 heterocycles. The Morgan fingerprint density at radius 1 is 1.07 bits per heavy atom. The molecule has 0 saturated heterocycles. The van der Waals surface area contributed by atoms with E-state index in [9.17, 15) is 9.59 Å². The third kappa shape index (κ3) is 4.96. The SMILES string of the molecule is Cc1cc(C)c(NC(=O)C(C)OC(=O)CSc2ccc3c(c2)CCC3)c(C)c1. The second kappa shape index (κ2) is 8.82. The van der Waals surface area contributed by atoms with Gasteiger partial charge >= 0.3 is 5.97 Å². The Kier molecular flexibility index (Phi) is 6.45. The van der Waals surface area contributed by atoms with Crippen LogP contribution in [0.2, 0.25) is 0 Å². The van der Waals surface area contributed by atoms with Gasteiger partial charge in [0.05, 0.1) is 5.75 Å². The lowest BCUT2D eigenvalue weighted by molar-refractivity contribution is -0.150. The number of ether oxygens (including phenoxy) is 1. The molecule has 0 bridgehead atoms. The van der Waals surface area contributed by atoms with Crippen LogP contribution >= 0.6 is 11.8 Å². The number of amides is 1. The van der Waals surface area contributed by atoms with E-state index in [0.717, 1.165) is 40.1 Å². The highest BCUT2D eigenvalue weighted by Crippen LogP contribution is 2.27. The molecule has 148 valence electrons. The second-order valence-corrected chi connectivity index (χ2v) is 8.52. The maximum absolute atomic E-state index is 12.4. The minimum atomic E-state index is -0.840. The highest BCUT2D eigenvalue weighted by Gasteiger charge is 2.20. The van der Waals surface area contributed by atoms with Crippen LogP contribution in [0.3, 0.4) is 0 Å². The van der Waals surface area contributed by atoms with Crippen molar-refractivity contribution in [2.75, 3.05) is 11.1 Å². The van der Waals surface area contributed by atoms with Gasteiger partial charge < -0.3 is 10.1 Å². The maximum atomic E-state index is 12.4. The van der Waals surface area contributed by atoms with Crippen LogP contribution in [-0.2, 0) is 27.2 Å². The maximum Gasteiger partial charge on any atom is 0.317 e. The first kappa shape index (κ1) is 20.5. The molecule has 0 fully saturated rings. The van der Waals surface area contributed by atoms with E-state index in [-0.39, 0.29) is 17.6 Å². The predicted octanol–water partition coefficient (Wildman–Crippen LogP) is 4.76. The van der Waals surface area contributed by atoms with Crippen molar-refractivity contribution in [1.82, 2.24) is 0 Å². The molecule has 28 heavy (non-hydrogen) atoms. The van der Waals surface area contributed by atoms with Gasteiger partial charge in [0, 0.05) is 10.6 Å². The topological polar surface area (TPSA) is 55.4 Å². The predicted molar refractivity (Wildman–Crippen MR) is 114 cm³/mol. The summed E-state index contributed by atoms with van der Waals surface area (Å²) in [4.78, 5) is 25.7. The molecule has 5 heteroatoms. The van der Waals surface area contributed by atoms with Gasteiger partial charge in [-0.1, -0.05) is 23.8 Å². The van der Waals surface area contributed by atoms with E-state index in [1.807, 2.05) is 32.9 Å². The number of benzene rings is 2. The van der Waals surface area contributed by atoms with Gasteiger partial charge in [0.1, 0.15) is 0 Å². The van der Waals surface area contributed by atoms with Gasteiger partial charge in [-0.3, -0.25) is 9.59 Å². The van der Waals surface area contributed by atoms with Crippen LogP contribution in [0.5, 0.6) is 0 Å². The summed E-state index contributed by atoms with van der Waals surface area (Å²) in [5, 5.41) is 2.89. The van der Waals surface area contributed by atoms with E-state index in [4.69, 9.17) is 4.74 Å². The number of thioether (sulfide) groups is 1. The number of carbonyl (C=O) groups is 2. The van der Waals surface area contributed by atoms with Crippen LogP contribution in [0, 0.1) is 20.8 Å². The number of esters is 1. The minimum Gasteiger partial charge on any atom is -0.452 e. The average molecular weight is 398 g/mol. The zero-order chi connectivity index (χ0) is 20.3. The summed E-state index contributed by atoms with van der Waals surface area (Å²) in [7, 11) is 0. The van der Waals surface area contributed by atoms with Crippen molar-refractivity contribution in [3.8, 4) is 0 Å². The highest BCUT2D eigenvalue weighted by molar-refractivity contribution is 8.00. The molecule has 2 aromatic rings. The van der Waals surface area contributed by atoms with Gasteiger partial charge in [-0.25, -0.2) is 0 Å². The van der Waals surface area contributed by atoms with Crippen molar-refractivity contribution in [1.29, 1.82) is 0 Å². The molecule has 3 rings (SSSR count). The fourth-order valence-electron chi connectivity index (χ4n) is 3.67.